The molecule has 1 amide bonds. The molecule has 0 spiro atoms. The first-order valence-electron chi connectivity index (χ1n) is 12.9. The molecule has 1 unspecified atom stereocenters. The summed E-state index contributed by atoms with van der Waals surface area (Å²) in [6.45, 7) is 6.86. The highest BCUT2D eigenvalue weighted by Crippen LogP contribution is 2.33. The van der Waals surface area contributed by atoms with Gasteiger partial charge in [-0.15, -0.1) is 0 Å². The van der Waals surface area contributed by atoms with Gasteiger partial charge in [-0.05, 0) is 62.9 Å². The van der Waals surface area contributed by atoms with Crippen LogP contribution in [-0.4, -0.2) is 34.0 Å². The highest BCUT2D eigenvalue weighted by molar-refractivity contribution is 5.81. The van der Waals surface area contributed by atoms with E-state index >= 15 is 0 Å². The summed E-state index contributed by atoms with van der Waals surface area (Å²) < 4.78 is 7.31. The van der Waals surface area contributed by atoms with Crippen molar-refractivity contribution in [3.63, 3.8) is 0 Å². The number of nitrogens with zero attached hydrogens (tertiary/aromatic N) is 3. The average Bonchev–Trinajstić information content (AvgIpc) is 2.82. The van der Waals surface area contributed by atoms with Gasteiger partial charge >= 0.3 is 0 Å². The molecule has 6 heteroatoms. The largest absolute Gasteiger partial charge is 0.495 e. The van der Waals surface area contributed by atoms with E-state index < -0.39 is 0 Å². The zero-order valence-electron chi connectivity index (χ0n) is 21.4. The Morgan fingerprint density at radius 3 is 2.63 bits per heavy atom. The molecule has 0 saturated heterocycles. The van der Waals surface area contributed by atoms with Gasteiger partial charge in [0, 0.05) is 12.5 Å². The van der Waals surface area contributed by atoms with E-state index in [1.807, 2.05) is 55.1 Å². The minimum Gasteiger partial charge on any atom is -0.495 e. The second-order valence-corrected chi connectivity index (χ2v) is 9.70. The summed E-state index contributed by atoms with van der Waals surface area (Å²) in [5.74, 6) is 1.44. The number of aromatic nitrogens is 2. The number of hydrogen-bond acceptors (Lipinski definition) is 4. The molecule has 1 heterocycles. The van der Waals surface area contributed by atoms with Crippen molar-refractivity contribution >= 4 is 16.8 Å². The lowest BCUT2D eigenvalue weighted by Gasteiger charge is -2.36. The Balaban J connectivity index is 1.87. The Morgan fingerprint density at radius 2 is 1.94 bits per heavy atom. The fourth-order valence-corrected chi connectivity index (χ4v) is 4.87. The van der Waals surface area contributed by atoms with Crippen LogP contribution in [0.5, 0.6) is 5.75 Å². The Hall–Kier alpha value is -3.15. The predicted octanol–water partition coefficient (Wildman–Crippen LogP) is 5.97. The van der Waals surface area contributed by atoms with Gasteiger partial charge in [0.1, 0.15) is 11.6 Å². The van der Waals surface area contributed by atoms with Crippen molar-refractivity contribution in [2.45, 2.75) is 71.8 Å². The number of benzene rings is 2. The first-order chi connectivity index (χ1) is 17.0. The van der Waals surface area contributed by atoms with Crippen molar-refractivity contribution in [2.24, 2.45) is 5.92 Å². The van der Waals surface area contributed by atoms with E-state index in [9.17, 15) is 9.59 Å². The van der Waals surface area contributed by atoms with E-state index in [0.29, 0.717) is 34.7 Å². The lowest BCUT2D eigenvalue weighted by Crippen LogP contribution is -2.43. The third-order valence-corrected chi connectivity index (χ3v) is 7.21. The average molecular weight is 476 g/mol. The Labute approximate surface area is 207 Å². The molecule has 1 aromatic heterocycles. The second-order valence-electron chi connectivity index (χ2n) is 9.70. The quantitative estimate of drug-likeness (QED) is 0.339. The van der Waals surface area contributed by atoms with E-state index in [4.69, 9.17) is 9.72 Å². The van der Waals surface area contributed by atoms with Gasteiger partial charge in [0.2, 0.25) is 5.91 Å². The maximum atomic E-state index is 13.9. The number of hydrogen-bond donors (Lipinski definition) is 0. The van der Waals surface area contributed by atoms with Crippen LogP contribution in [0, 0.1) is 12.8 Å². The van der Waals surface area contributed by atoms with Crippen LogP contribution < -0.4 is 10.3 Å². The van der Waals surface area contributed by atoms with Crippen LogP contribution >= 0.6 is 0 Å². The van der Waals surface area contributed by atoms with Crippen LogP contribution in [0.3, 0.4) is 0 Å². The summed E-state index contributed by atoms with van der Waals surface area (Å²) in [5, 5.41) is 0.548. The minimum absolute atomic E-state index is 0.0813. The fraction of sp³-hybridized carbons (Fsp3) is 0.483. The molecule has 35 heavy (non-hydrogen) atoms. The lowest BCUT2D eigenvalue weighted by atomic mass is 9.84. The Morgan fingerprint density at radius 1 is 1.17 bits per heavy atom. The van der Waals surface area contributed by atoms with Gasteiger partial charge in [0.05, 0.1) is 29.7 Å². The number of rotatable bonds is 10. The van der Waals surface area contributed by atoms with E-state index in [1.54, 1.807) is 17.7 Å². The summed E-state index contributed by atoms with van der Waals surface area (Å²) in [4.78, 5) is 34.4. The van der Waals surface area contributed by atoms with Gasteiger partial charge in [0.25, 0.3) is 5.56 Å². The molecule has 4 rings (SSSR count). The maximum absolute atomic E-state index is 13.9. The summed E-state index contributed by atoms with van der Waals surface area (Å²) >= 11 is 0. The molecule has 1 saturated carbocycles. The third-order valence-electron chi connectivity index (χ3n) is 7.21. The monoisotopic (exact) mass is 475 g/mol. The summed E-state index contributed by atoms with van der Waals surface area (Å²) in [5.41, 5.74) is 2.16. The number of ether oxygens (including phenoxy) is 1. The number of aryl methyl sites for hydroxylation is 1. The van der Waals surface area contributed by atoms with E-state index in [2.05, 4.69) is 6.92 Å². The molecule has 0 radical (unpaired) electrons. The smallest absolute Gasteiger partial charge is 0.266 e. The van der Waals surface area contributed by atoms with Crippen molar-refractivity contribution in [1.82, 2.24) is 14.5 Å². The molecule has 1 aliphatic carbocycles. The number of carbonyl (C=O) groups is 1. The standard InChI is InChI=1S/C29H37N3O3/c1-5-6-7-10-18-31(28(33)22-12-11-13-22)21(3)27-30-24-15-9-8-14-23(24)29(34)32(27)25-19-20(2)16-17-26(25)35-4/h8-9,14-17,19,21-22H,5-7,10-13,18H2,1-4H3. The number of carbonyl (C=O) groups excluding carboxylic acids is 1. The van der Waals surface area contributed by atoms with Crippen molar-refractivity contribution in [3.8, 4) is 11.4 Å². The Bertz CT molecular complexity index is 1250. The van der Waals surface area contributed by atoms with Crippen molar-refractivity contribution in [3.05, 3.63) is 64.2 Å². The molecule has 186 valence electrons. The highest BCUT2D eigenvalue weighted by atomic mass is 16.5. The van der Waals surface area contributed by atoms with Crippen molar-refractivity contribution < 1.29 is 9.53 Å². The van der Waals surface area contributed by atoms with Gasteiger partial charge < -0.3 is 9.64 Å². The first-order valence-corrected chi connectivity index (χ1v) is 12.9. The Kier molecular flexibility index (Phi) is 7.89. The van der Waals surface area contributed by atoms with Crippen LogP contribution in [0.2, 0.25) is 0 Å². The molecule has 2 aromatic carbocycles. The third kappa shape index (κ3) is 5.12. The number of amides is 1. The first kappa shape index (κ1) is 25.0. The molecule has 0 aliphatic heterocycles. The topological polar surface area (TPSA) is 64.4 Å². The number of fused-ring (bicyclic) bond motifs is 1. The predicted molar refractivity (Wildman–Crippen MR) is 140 cm³/mol. The highest BCUT2D eigenvalue weighted by Gasteiger charge is 2.34. The van der Waals surface area contributed by atoms with Crippen LogP contribution in [0.1, 0.15) is 76.2 Å². The molecular formula is C29H37N3O3. The summed E-state index contributed by atoms with van der Waals surface area (Å²) in [6.07, 6.45) is 7.32. The summed E-state index contributed by atoms with van der Waals surface area (Å²) in [7, 11) is 1.61. The van der Waals surface area contributed by atoms with E-state index in [0.717, 1.165) is 50.5 Å². The molecule has 1 atom stereocenters. The normalized spacial score (nSPS) is 14.5. The second kappa shape index (κ2) is 11.1. The molecule has 6 nitrogen and oxygen atoms in total. The fourth-order valence-electron chi connectivity index (χ4n) is 4.87. The molecule has 1 aliphatic rings. The number of unbranched alkanes of at least 4 members (excludes halogenated alkanes) is 3. The zero-order valence-corrected chi connectivity index (χ0v) is 21.4. The van der Waals surface area contributed by atoms with Crippen molar-refractivity contribution in [2.75, 3.05) is 13.7 Å². The molecular weight excluding hydrogens is 438 g/mol. The minimum atomic E-state index is -0.354. The van der Waals surface area contributed by atoms with Crippen LogP contribution in [0.25, 0.3) is 16.6 Å². The number of methoxy groups -OCH3 is 1. The van der Waals surface area contributed by atoms with Gasteiger partial charge in [-0.25, -0.2) is 4.98 Å². The SMILES string of the molecule is CCCCCCN(C(=O)C1CCC1)C(C)c1nc2ccccc2c(=O)n1-c1cc(C)ccc1OC. The molecule has 3 aromatic rings. The van der Waals surface area contributed by atoms with Gasteiger partial charge in [-0.3, -0.25) is 14.2 Å². The van der Waals surface area contributed by atoms with Gasteiger partial charge in [-0.1, -0.05) is 50.8 Å². The van der Waals surface area contributed by atoms with Crippen LogP contribution in [0.4, 0.5) is 0 Å². The zero-order chi connectivity index (χ0) is 24.9. The maximum Gasteiger partial charge on any atom is 0.266 e. The number of para-hydroxylation sites is 1. The van der Waals surface area contributed by atoms with Crippen LogP contribution in [-0.2, 0) is 4.79 Å². The van der Waals surface area contributed by atoms with Crippen LogP contribution in [0.15, 0.2) is 47.3 Å². The van der Waals surface area contributed by atoms with Gasteiger partial charge in [0.15, 0.2) is 0 Å². The van der Waals surface area contributed by atoms with E-state index in [1.165, 1.54) is 0 Å². The van der Waals surface area contributed by atoms with E-state index in [-0.39, 0.29) is 23.4 Å². The molecule has 0 N–H and O–H groups in total. The molecule has 0 bridgehead atoms. The van der Waals surface area contributed by atoms with Gasteiger partial charge in [-0.2, -0.15) is 0 Å². The van der Waals surface area contributed by atoms with Crippen molar-refractivity contribution in [1.29, 1.82) is 0 Å². The molecule has 1 fully saturated rings. The summed E-state index contributed by atoms with van der Waals surface area (Å²) in [6, 6.07) is 12.9. The lowest BCUT2D eigenvalue weighted by molar-refractivity contribution is -0.140.